The molecular formula is C54H63N4O9P. The molecule has 2 aromatic heterocycles. The lowest BCUT2D eigenvalue weighted by molar-refractivity contribution is 0.220. The van der Waals surface area contributed by atoms with E-state index in [2.05, 4.69) is 34.9 Å². The molecule has 68 heavy (non-hydrogen) atoms. The molecule has 0 bridgehead atoms. The molecule has 0 unspecified atom stereocenters. The lowest BCUT2D eigenvalue weighted by atomic mass is 10.0. The Morgan fingerprint density at radius 2 is 0.971 bits per heavy atom. The number of benzene rings is 4. The number of hydrogen-bond donors (Lipinski definition) is 2. The van der Waals surface area contributed by atoms with Crippen LogP contribution in [0.5, 0.6) is 23.0 Å². The summed E-state index contributed by atoms with van der Waals surface area (Å²) in [5.41, 5.74) is 9.16. The van der Waals surface area contributed by atoms with Crippen LogP contribution in [0, 0.1) is 22.7 Å². The highest BCUT2D eigenvalue weighted by Gasteiger charge is 2.13. The van der Waals surface area contributed by atoms with Gasteiger partial charge in [-0.3, -0.25) is 4.57 Å². The predicted octanol–water partition coefficient (Wildman–Crippen LogP) is 11.6. The van der Waals surface area contributed by atoms with Gasteiger partial charge in [0, 0.05) is 35.3 Å². The van der Waals surface area contributed by atoms with Crippen molar-refractivity contribution >= 4 is 8.25 Å². The average Bonchev–Trinajstić information content (AvgIpc) is 4.09. The van der Waals surface area contributed by atoms with Crippen LogP contribution in [0.2, 0.25) is 0 Å². The van der Waals surface area contributed by atoms with Crippen molar-refractivity contribution in [1.29, 1.82) is 10.5 Å². The van der Waals surface area contributed by atoms with Gasteiger partial charge < -0.3 is 47.5 Å². The second-order valence-electron chi connectivity index (χ2n) is 16.8. The Bertz CT molecular complexity index is 2390. The minimum Gasteiger partial charge on any atom is -0.493 e. The lowest BCUT2D eigenvalue weighted by Gasteiger charge is -2.14. The molecule has 14 heteroatoms. The van der Waals surface area contributed by atoms with Gasteiger partial charge in [0.2, 0.25) is 0 Å². The molecule has 0 amide bonds. The highest BCUT2D eigenvalue weighted by atomic mass is 31.1. The van der Waals surface area contributed by atoms with Crippen molar-refractivity contribution in [3.63, 3.8) is 0 Å². The predicted molar refractivity (Wildman–Crippen MR) is 263 cm³/mol. The fourth-order valence-electron chi connectivity index (χ4n) is 7.40. The van der Waals surface area contributed by atoms with Crippen LogP contribution in [-0.4, -0.2) is 51.7 Å². The van der Waals surface area contributed by atoms with Gasteiger partial charge in [-0.05, 0) is 162 Å². The maximum Gasteiger partial charge on any atom is 0.319 e. The maximum atomic E-state index is 12.4. The van der Waals surface area contributed by atoms with E-state index in [0.29, 0.717) is 88.1 Å². The van der Waals surface area contributed by atoms with Crippen molar-refractivity contribution in [3.05, 3.63) is 143 Å². The zero-order chi connectivity index (χ0) is 47.9. The minimum absolute atomic E-state index is 0.000962. The van der Waals surface area contributed by atoms with E-state index in [1.807, 2.05) is 100 Å². The van der Waals surface area contributed by atoms with E-state index in [0.717, 1.165) is 81.7 Å². The molecule has 0 aliphatic rings. The molecule has 0 aliphatic heterocycles. The number of rotatable bonds is 30. The van der Waals surface area contributed by atoms with Crippen LogP contribution < -0.4 is 29.6 Å². The molecule has 0 fully saturated rings. The van der Waals surface area contributed by atoms with Crippen molar-refractivity contribution in [2.75, 3.05) is 39.5 Å². The van der Waals surface area contributed by atoms with Crippen LogP contribution in [0.15, 0.2) is 119 Å². The highest BCUT2D eigenvalue weighted by molar-refractivity contribution is 7.33. The van der Waals surface area contributed by atoms with Crippen LogP contribution in [-0.2, 0) is 39.5 Å². The van der Waals surface area contributed by atoms with Crippen LogP contribution in [0.3, 0.4) is 0 Å². The van der Waals surface area contributed by atoms with E-state index in [-0.39, 0.29) is 12.2 Å². The van der Waals surface area contributed by atoms with E-state index in [1.54, 1.807) is 25.1 Å². The fourth-order valence-corrected chi connectivity index (χ4v) is 8.10. The van der Waals surface area contributed by atoms with Gasteiger partial charge in [0.1, 0.15) is 35.1 Å². The van der Waals surface area contributed by atoms with Crippen LogP contribution >= 0.6 is 8.25 Å². The topological polar surface area (TPSA) is 170 Å². The first-order chi connectivity index (χ1) is 33.2. The first-order valence-corrected chi connectivity index (χ1v) is 24.6. The third kappa shape index (κ3) is 16.5. The van der Waals surface area contributed by atoms with E-state index in [9.17, 15) is 15.1 Å². The Kier molecular flexibility index (Phi) is 20.7. The summed E-state index contributed by atoms with van der Waals surface area (Å²) in [6.45, 7) is 12.1. The molecule has 0 aliphatic carbocycles. The van der Waals surface area contributed by atoms with Gasteiger partial charge in [0.25, 0.3) is 0 Å². The molecule has 0 saturated carbocycles. The van der Waals surface area contributed by atoms with Gasteiger partial charge in [-0.15, -0.1) is 0 Å². The summed E-state index contributed by atoms with van der Waals surface area (Å²) in [4.78, 5) is 0. The van der Waals surface area contributed by atoms with Crippen LogP contribution in [0.25, 0.3) is 22.3 Å². The van der Waals surface area contributed by atoms with Gasteiger partial charge in [-0.2, -0.15) is 10.5 Å². The third-order valence-electron chi connectivity index (χ3n) is 10.6. The monoisotopic (exact) mass is 942 g/mol. The van der Waals surface area contributed by atoms with E-state index in [4.69, 9.17) is 36.8 Å². The first kappa shape index (κ1) is 51.1. The fraction of sp³-hybridized carbons (Fsp3) is 0.370. The second-order valence-corrected chi connectivity index (χ2v) is 17.9. The summed E-state index contributed by atoms with van der Waals surface area (Å²) in [5.74, 6) is 2.76. The van der Waals surface area contributed by atoms with Crippen molar-refractivity contribution in [1.82, 2.24) is 10.6 Å². The van der Waals surface area contributed by atoms with Gasteiger partial charge in [-0.1, -0.05) is 24.3 Å². The summed E-state index contributed by atoms with van der Waals surface area (Å²) < 4.78 is 58.1. The Balaban J connectivity index is 0.839. The van der Waals surface area contributed by atoms with Crippen molar-refractivity contribution < 1.29 is 41.4 Å². The summed E-state index contributed by atoms with van der Waals surface area (Å²) in [7, 11) is -2.59. The zero-order valence-corrected chi connectivity index (χ0v) is 40.5. The molecule has 13 nitrogen and oxygen atoms in total. The summed E-state index contributed by atoms with van der Waals surface area (Å²) in [6, 6.07) is 32.1. The SMILES string of the molecule is CC(C)Oc1ccc(CCCOc2ccc(CNCCCO[PH](=O)OCCCNCc3ccc(OCCCc4ccc(OC(C)C)c(C#N)c4)c(-c4ccoc4)c3)cc2-c2ccoc2)cc1C#N. The van der Waals surface area contributed by atoms with Crippen molar-refractivity contribution in [2.24, 2.45) is 0 Å². The van der Waals surface area contributed by atoms with E-state index in [1.165, 1.54) is 0 Å². The van der Waals surface area contributed by atoms with E-state index < -0.39 is 8.25 Å². The standard InChI is InChI=1S/C54H63N4O9P/c1-39(2)66-51-15-11-41(29-47(51)33-55)9-5-23-62-53-17-13-43(31-49(53)45-19-27-60-37-45)35-57-21-7-25-64-68(59)65-26-8-22-58-36-44-14-18-54(50(32-44)46-20-28-61-38-46)63-24-6-10-42-12-16-52(67-40(3)4)48(30-42)34-56/h11-20,27-32,37-40,57-58,68H,5-10,21-26,35-36H2,1-4H3. The zero-order valence-electron chi connectivity index (χ0n) is 39.5. The third-order valence-corrected chi connectivity index (χ3v) is 11.5. The lowest BCUT2D eigenvalue weighted by Crippen LogP contribution is -2.16. The molecule has 0 radical (unpaired) electrons. The van der Waals surface area contributed by atoms with Crippen molar-refractivity contribution in [3.8, 4) is 57.4 Å². The number of furan rings is 2. The number of nitriles is 2. The first-order valence-electron chi connectivity index (χ1n) is 23.4. The number of hydrogen-bond acceptors (Lipinski definition) is 13. The highest BCUT2D eigenvalue weighted by Crippen LogP contribution is 2.34. The summed E-state index contributed by atoms with van der Waals surface area (Å²) in [5, 5.41) is 26.0. The Hall–Kier alpha value is -6.31. The molecule has 358 valence electrons. The van der Waals surface area contributed by atoms with Crippen LogP contribution in [0.4, 0.5) is 0 Å². The molecule has 6 rings (SSSR count). The number of nitrogens with one attached hydrogen (secondary N) is 2. The molecule has 0 spiro atoms. The number of aryl methyl sites for hydroxylation is 2. The minimum atomic E-state index is -2.59. The molecule has 0 saturated heterocycles. The molecule has 2 N–H and O–H groups in total. The van der Waals surface area contributed by atoms with E-state index >= 15 is 0 Å². The second kappa shape index (κ2) is 27.5. The summed E-state index contributed by atoms with van der Waals surface area (Å²) in [6.07, 6.45) is 11.2. The largest absolute Gasteiger partial charge is 0.493 e. The van der Waals surface area contributed by atoms with Gasteiger partial charge in [0.05, 0.1) is 74.8 Å². The quantitative estimate of drug-likeness (QED) is 0.0323. The number of ether oxygens (including phenoxy) is 4. The normalized spacial score (nSPS) is 11.2. The van der Waals surface area contributed by atoms with Gasteiger partial charge in [0.15, 0.2) is 0 Å². The summed E-state index contributed by atoms with van der Waals surface area (Å²) >= 11 is 0. The Morgan fingerprint density at radius 3 is 1.37 bits per heavy atom. The molecule has 6 aromatic rings. The van der Waals surface area contributed by atoms with Crippen molar-refractivity contribution in [2.45, 2.75) is 91.5 Å². The maximum absolute atomic E-state index is 12.4. The van der Waals surface area contributed by atoms with Gasteiger partial charge in [-0.25, -0.2) is 0 Å². The molecule has 4 aromatic carbocycles. The molecule has 2 heterocycles. The average molecular weight is 943 g/mol. The van der Waals surface area contributed by atoms with Crippen LogP contribution in [0.1, 0.15) is 86.8 Å². The molecule has 0 atom stereocenters. The van der Waals surface area contributed by atoms with Gasteiger partial charge >= 0.3 is 8.25 Å². The Morgan fingerprint density at radius 1 is 0.544 bits per heavy atom. The molecular weight excluding hydrogens is 880 g/mol. The Labute approximate surface area is 401 Å². The number of nitrogens with zero attached hydrogens (tertiary/aromatic N) is 2. The smallest absolute Gasteiger partial charge is 0.319 e.